The molecule has 0 saturated heterocycles. The van der Waals surface area contributed by atoms with E-state index < -0.39 is 18.0 Å². The molecule has 1 N–H and O–H groups in total. The van der Waals surface area contributed by atoms with E-state index >= 15 is 0 Å². The topological polar surface area (TPSA) is 86.0 Å². The molecule has 1 heterocycles. The normalized spacial score (nSPS) is 18.3. The van der Waals surface area contributed by atoms with Crippen LogP contribution < -0.4 is 14.9 Å². The number of fused-ring (bicyclic) bond motifs is 1. The minimum Gasteiger partial charge on any atom is -0.492 e. The van der Waals surface area contributed by atoms with Gasteiger partial charge in [-0.05, 0) is 53.0 Å². The van der Waals surface area contributed by atoms with E-state index in [1.807, 2.05) is 0 Å². The Hall–Kier alpha value is -2.51. The molecule has 2 aromatic carbocycles. The molecule has 1 saturated carbocycles. The van der Waals surface area contributed by atoms with Gasteiger partial charge in [0.15, 0.2) is 22.5 Å². The molecular formula is C21H16BrClO6. The van der Waals surface area contributed by atoms with E-state index in [-0.39, 0.29) is 16.8 Å². The smallest absolute Gasteiger partial charge is 0.310 e. The van der Waals surface area contributed by atoms with Crippen molar-refractivity contribution in [3.8, 4) is 22.8 Å². The first-order valence-corrected chi connectivity index (χ1v) is 10.1. The van der Waals surface area contributed by atoms with Gasteiger partial charge >= 0.3 is 5.97 Å². The third-order valence-corrected chi connectivity index (χ3v) is 5.96. The number of rotatable bonds is 5. The van der Waals surface area contributed by atoms with Crippen molar-refractivity contribution >= 4 is 44.5 Å². The highest BCUT2D eigenvalue weighted by Gasteiger charge is 2.39. The summed E-state index contributed by atoms with van der Waals surface area (Å²) in [7, 11) is 1.47. The van der Waals surface area contributed by atoms with Crippen LogP contribution in [0.25, 0.3) is 22.3 Å². The van der Waals surface area contributed by atoms with Crippen molar-refractivity contribution in [3.05, 3.63) is 56.1 Å². The van der Waals surface area contributed by atoms with Crippen LogP contribution in [0.2, 0.25) is 5.02 Å². The summed E-state index contributed by atoms with van der Waals surface area (Å²) < 4.78 is 18.1. The van der Waals surface area contributed by atoms with Crippen LogP contribution in [0.4, 0.5) is 0 Å². The molecule has 29 heavy (non-hydrogen) atoms. The SMILES string of the molecule is COc1c(-c2cc(=O)c3cccc(Cl)c3o2)ccc(Br)c1OC1CCC1C(=O)O. The summed E-state index contributed by atoms with van der Waals surface area (Å²) in [6.07, 6.45) is 0.751. The zero-order valence-electron chi connectivity index (χ0n) is 15.3. The molecule has 4 rings (SSSR count). The zero-order valence-corrected chi connectivity index (χ0v) is 17.6. The minimum atomic E-state index is -0.886. The second kappa shape index (κ2) is 7.72. The molecule has 6 nitrogen and oxygen atoms in total. The van der Waals surface area contributed by atoms with Crippen LogP contribution in [0.3, 0.4) is 0 Å². The Morgan fingerprint density at radius 2 is 2.03 bits per heavy atom. The van der Waals surface area contributed by atoms with E-state index in [2.05, 4.69) is 15.9 Å². The summed E-state index contributed by atoms with van der Waals surface area (Å²) in [6.45, 7) is 0. The molecule has 2 unspecified atom stereocenters. The Bertz CT molecular complexity index is 1170. The van der Waals surface area contributed by atoms with Crippen LogP contribution in [0.15, 0.2) is 50.1 Å². The molecule has 0 bridgehead atoms. The maximum Gasteiger partial charge on any atom is 0.310 e. The lowest BCUT2D eigenvalue weighted by molar-refractivity contribution is -0.150. The molecule has 0 amide bonds. The van der Waals surface area contributed by atoms with Crippen LogP contribution in [0.5, 0.6) is 11.5 Å². The summed E-state index contributed by atoms with van der Waals surface area (Å²) >= 11 is 9.64. The van der Waals surface area contributed by atoms with Gasteiger partial charge in [0.1, 0.15) is 11.9 Å². The van der Waals surface area contributed by atoms with E-state index in [9.17, 15) is 14.7 Å². The molecule has 3 aromatic rings. The van der Waals surface area contributed by atoms with Crippen molar-refractivity contribution in [2.75, 3.05) is 7.11 Å². The number of aliphatic carboxylic acids is 1. The molecule has 1 aliphatic carbocycles. The van der Waals surface area contributed by atoms with Crippen molar-refractivity contribution in [1.82, 2.24) is 0 Å². The number of para-hydroxylation sites is 1. The van der Waals surface area contributed by atoms with Gasteiger partial charge in [-0.25, -0.2) is 0 Å². The monoisotopic (exact) mass is 478 g/mol. The molecule has 0 aliphatic heterocycles. The summed E-state index contributed by atoms with van der Waals surface area (Å²) in [6, 6.07) is 9.81. The summed E-state index contributed by atoms with van der Waals surface area (Å²) in [5.74, 6) is -0.476. The average Bonchev–Trinajstić information content (AvgIpc) is 2.66. The molecule has 1 fully saturated rings. The fourth-order valence-electron chi connectivity index (χ4n) is 3.37. The number of carboxylic acids is 1. The molecule has 0 spiro atoms. The second-order valence-corrected chi connectivity index (χ2v) is 7.99. The third kappa shape index (κ3) is 3.49. The zero-order chi connectivity index (χ0) is 20.7. The van der Waals surface area contributed by atoms with E-state index in [0.29, 0.717) is 44.8 Å². The highest BCUT2D eigenvalue weighted by Crippen LogP contribution is 2.46. The number of methoxy groups -OCH3 is 1. The number of hydrogen-bond donors (Lipinski definition) is 1. The number of carboxylic acid groups (broad SMARTS) is 1. The first-order valence-electron chi connectivity index (χ1n) is 8.89. The second-order valence-electron chi connectivity index (χ2n) is 6.73. The van der Waals surface area contributed by atoms with E-state index in [0.717, 1.165) is 0 Å². The molecule has 1 aromatic heterocycles. The standard InChI is InChI=1S/C21H16BrClO6/c1-27-19-11(17-9-15(24)10-3-2-4-14(23)18(10)29-17)5-7-13(22)20(19)28-16-8-6-12(16)21(25)26/h2-5,7,9,12,16H,6,8H2,1H3,(H,25,26). The fourth-order valence-corrected chi connectivity index (χ4v) is 3.98. The Morgan fingerprint density at radius 1 is 1.24 bits per heavy atom. The van der Waals surface area contributed by atoms with Gasteiger partial charge in [-0.3, -0.25) is 9.59 Å². The van der Waals surface area contributed by atoms with Crippen LogP contribution in [-0.2, 0) is 4.79 Å². The Kier molecular flexibility index (Phi) is 5.27. The predicted octanol–water partition coefficient (Wildman–Crippen LogP) is 5.13. The van der Waals surface area contributed by atoms with E-state index in [1.54, 1.807) is 30.3 Å². The number of hydrogen-bond acceptors (Lipinski definition) is 5. The van der Waals surface area contributed by atoms with Gasteiger partial charge in [0.25, 0.3) is 0 Å². The lowest BCUT2D eigenvalue weighted by Gasteiger charge is -2.34. The number of ether oxygens (including phenoxy) is 2. The van der Waals surface area contributed by atoms with Crippen LogP contribution in [0.1, 0.15) is 12.8 Å². The maximum absolute atomic E-state index is 12.6. The van der Waals surface area contributed by atoms with Crippen LogP contribution >= 0.6 is 27.5 Å². The largest absolute Gasteiger partial charge is 0.492 e. The highest BCUT2D eigenvalue weighted by atomic mass is 79.9. The Labute approximate surface area is 179 Å². The first kappa shape index (κ1) is 19.8. The molecule has 0 radical (unpaired) electrons. The Balaban J connectivity index is 1.83. The maximum atomic E-state index is 12.6. The Morgan fingerprint density at radius 3 is 2.69 bits per heavy atom. The lowest BCUT2D eigenvalue weighted by atomic mass is 9.82. The number of benzene rings is 2. The van der Waals surface area contributed by atoms with Crippen molar-refractivity contribution in [1.29, 1.82) is 0 Å². The fraction of sp³-hybridized carbons (Fsp3) is 0.238. The predicted molar refractivity (Wildman–Crippen MR) is 112 cm³/mol. The van der Waals surface area contributed by atoms with Gasteiger partial charge < -0.3 is 19.0 Å². The van der Waals surface area contributed by atoms with Gasteiger partial charge in [0, 0.05) is 6.07 Å². The van der Waals surface area contributed by atoms with Crippen LogP contribution in [-0.4, -0.2) is 24.3 Å². The number of carbonyl (C=O) groups is 1. The van der Waals surface area contributed by atoms with E-state index in [4.69, 9.17) is 25.5 Å². The summed E-state index contributed by atoms with van der Waals surface area (Å²) in [4.78, 5) is 23.9. The quantitative estimate of drug-likeness (QED) is 0.546. The molecular weight excluding hydrogens is 464 g/mol. The van der Waals surface area contributed by atoms with Crippen molar-refractivity contribution in [2.24, 2.45) is 5.92 Å². The van der Waals surface area contributed by atoms with Crippen molar-refractivity contribution in [2.45, 2.75) is 18.9 Å². The van der Waals surface area contributed by atoms with Gasteiger partial charge in [-0.2, -0.15) is 0 Å². The van der Waals surface area contributed by atoms with E-state index in [1.165, 1.54) is 13.2 Å². The summed E-state index contributed by atoms with van der Waals surface area (Å²) in [5, 5.41) is 9.99. The molecule has 150 valence electrons. The minimum absolute atomic E-state index is 0.235. The van der Waals surface area contributed by atoms with Crippen LogP contribution in [0, 0.1) is 5.92 Å². The highest BCUT2D eigenvalue weighted by molar-refractivity contribution is 9.10. The first-order chi connectivity index (χ1) is 13.9. The van der Waals surface area contributed by atoms with Gasteiger partial charge in [0.2, 0.25) is 0 Å². The number of halogens is 2. The summed E-state index contributed by atoms with van der Waals surface area (Å²) in [5.41, 5.74) is 0.547. The molecule has 1 aliphatic rings. The van der Waals surface area contributed by atoms with Crippen molar-refractivity contribution in [3.63, 3.8) is 0 Å². The molecule has 2 atom stereocenters. The third-order valence-electron chi connectivity index (χ3n) is 5.04. The van der Waals surface area contributed by atoms with Gasteiger partial charge in [0.05, 0.1) is 33.5 Å². The average molecular weight is 480 g/mol. The van der Waals surface area contributed by atoms with Gasteiger partial charge in [-0.15, -0.1) is 0 Å². The van der Waals surface area contributed by atoms with Gasteiger partial charge in [-0.1, -0.05) is 17.7 Å². The lowest BCUT2D eigenvalue weighted by Crippen LogP contribution is -2.41. The molecule has 8 heteroatoms. The van der Waals surface area contributed by atoms with Crippen molar-refractivity contribution < 1.29 is 23.8 Å².